The van der Waals surface area contributed by atoms with Gasteiger partial charge in [-0.2, -0.15) is 0 Å². The molecule has 0 atom stereocenters. The second kappa shape index (κ2) is 5.38. The van der Waals surface area contributed by atoms with Gasteiger partial charge in [-0.1, -0.05) is 11.4 Å². The molecule has 1 fully saturated rings. The van der Waals surface area contributed by atoms with Crippen molar-refractivity contribution >= 4 is 10.0 Å². The average Bonchev–Trinajstić information content (AvgIpc) is 2.73. The third-order valence-electron chi connectivity index (χ3n) is 2.92. The number of rotatable bonds is 4. The Morgan fingerprint density at radius 1 is 1.44 bits per heavy atom. The second-order valence-electron chi connectivity index (χ2n) is 4.39. The fourth-order valence-electron chi connectivity index (χ4n) is 1.94. The molecular formula is C11H19N3O3S. The molecule has 2 rings (SSSR count). The van der Waals surface area contributed by atoms with E-state index in [4.69, 9.17) is 4.84 Å². The number of hydrogen-bond acceptors (Lipinski definition) is 4. The molecule has 0 spiro atoms. The summed E-state index contributed by atoms with van der Waals surface area (Å²) in [4.78, 5) is 9.33. The van der Waals surface area contributed by atoms with Crippen LogP contribution in [0.3, 0.4) is 0 Å². The van der Waals surface area contributed by atoms with Gasteiger partial charge in [-0.25, -0.2) is 13.4 Å². The van der Waals surface area contributed by atoms with Crippen LogP contribution < -0.4 is 0 Å². The molecule has 0 aliphatic carbocycles. The van der Waals surface area contributed by atoms with Gasteiger partial charge in [0, 0.05) is 19.3 Å². The Kier molecular flexibility index (Phi) is 4.04. The quantitative estimate of drug-likeness (QED) is 0.830. The zero-order valence-corrected chi connectivity index (χ0v) is 11.6. The van der Waals surface area contributed by atoms with Crippen LogP contribution in [0.5, 0.6) is 0 Å². The van der Waals surface area contributed by atoms with E-state index < -0.39 is 10.0 Å². The molecule has 0 radical (unpaired) electrons. The first-order valence-electron chi connectivity index (χ1n) is 6.25. The zero-order chi connectivity index (χ0) is 13.2. The molecular weight excluding hydrogens is 254 g/mol. The van der Waals surface area contributed by atoms with E-state index in [0.29, 0.717) is 19.0 Å². The lowest BCUT2D eigenvalue weighted by atomic mass is 10.3. The topological polar surface area (TPSA) is 64.4 Å². The van der Waals surface area contributed by atoms with Crippen LogP contribution in [0.2, 0.25) is 0 Å². The summed E-state index contributed by atoms with van der Waals surface area (Å²) in [5, 5.41) is 0.0790. The standard InChI is InChI=1S/C11H19N3O3S/c1-3-6-13-9-11(12-10(13)2)18(15,16)14-7-4-5-8-17-14/h9H,3-8H2,1-2H3. The summed E-state index contributed by atoms with van der Waals surface area (Å²) in [5.41, 5.74) is 0. The lowest BCUT2D eigenvalue weighted by Crippen LogP contribution is -2.35. The Labute approximate surface area is 108 Å². The SMILES string of the molecule is CCCn1cc(S(=O)(=O)N2CCCCO2)nc1C. The third kappa shape index (κ3) is 2.57. The zero-order valence-electron chi connectivity index (χ0n) is 10.8. The van der Waals surface area contributed by atoms with Gasteiger partial charge in [0.25, 0.3) is 10.0 Å². The molecule has 2 heterocycles. The van der Waals surface area contributed by atoms with Crippen LogP contribution in [0.25, 0.3) is 0 Å². The predicted octanol–water partition coefficient (Wildman–Crippen LogP) is 1.32. The molecule has 0 N–H and O–H groups in total. The van der Waals surface area contributed by atoms with Gasteiger partial charge in [0.1, 0.15) is 5.82 Å². The molecule has 7 heteroatoms. The number of nitrogens with zero attached hydrogens (tertiary/aromatic N) is 3. The Balaban J connectivity index is 2.26. The molecule has 0 saturated carbocycles. The van der Waals surface area contributed by atoms with Crippen molar-refractivity contribution in [3.05, 3.63) is 12.0 Å². The first-order valence-corrected chi connectivity index (χ1v) is 7.69. The van der Waals surface area contributed by atoms with Crippen LogP contribution in [-0.2, 0) is 21.4 Å². The normalized spacial score (nSPS) is 18.1. The van der Waals surface area contributed by atoms with Gasteiger partial charge in [-0.15, -0.1) is 0 Å². The van der Waals surface area contributed by atoms with Crippen molar-refractivity contribution in [2.75, 3.05) is 13.2 Å². The molecule has 18 heavy (non-hydrogen) atoms. The van der Waals surface area contributed by atoms with Crippen molar-refractivity contribution in [3.8, 4) is 0 Å². The summed E-state index contributed by atoms with van der Waals surface area (Å²) in [6.07, 6.45) is 4.26. The Morgan fingerprint density at radius 3 is 2.83 bits per heavy atom. The third-order valence-corrected chi connectivity index (χ3v) is 4.47. The smallest absolute Gasteiger partial charge is 0.283 e. The number of hydrogen-bond donors (Lipinski definition) is 0. The minimum atomic E-state index is -3.60. The minimum absolute atomic E-state index is 0.0790. The van der Waals surface area contributed by atoms with E-state index >= 15 is 0 Å². The molecule has 102 valence electrons. The fourth-order valence-corrected chi connectivity index (χ4v) is 3.24. The van der Waals surface area contributed by atoms with Gasteiger partial charge in [0.2, 0.25) is 0 Å². The predicted molar refractivity (Wildman–Crippen MR) is 66.3 cm³/mol. The maximum atomic E-state index is 12.3. The van der Waals surface area contributed by atoms with Crippen molar-refractivity contribution in [3.63, 3.8) is 0 Å². The largest absolute Gasteiger partial charge is 0.334 e. The van der Waals surface area contributed by atoms with Gasteiger partial charge in [0.05, 0.1) is 6.61 Å². The molecule has 1 aromatic rings. The summed E-state index contributed by atoms with van der Waals surface area (Å²) in [6.45, 7) is 5.48. The summed E-state index contributed by atoms with van der Waals surface area (Å²) in [7, 11) is -3.60. The second-order valence-corrected chi connectivity index (χ2v) is 6.17. The summed E-state index contributed by atoms with van der Waals surface area (Å²) in [5.74, 6) is 0.715. The van der Waals surface area contributed by atoms with E-state index in [2.05, 4.69) is 4.98 Å². The average molecular weight is 273 g/mol. The van der Waals surface area contributed by atoms with E-state index in [1.807, 2.05) is 18.4 Å². The van der Waals surface area contributed by atoms with Crippen LogP contribution in [0.15, 0.2) is 11.2 Å². The van der Waals surface area contributed by atoms with Gasteiger partial charge in [-0.05, 0) is 26.2 Å². The molecule has 0 aromatic carbocycles. The first kappa shape index (κ1) is 13.5. The van der Waals surface area contributed by atoms with Crippen molar-refractivity contribution in [1.29, 1.82) is 0 Å². The Hall–Kier alpha value is -0.920. The fraction of sp³-hybridized carbons (Fsp3) is 0.727. The summed E-state index contributed by atoms with van der Waals surface area (Å²) < 4.78 is 27.5. The number of imidazole rings is 1. The number of aryl methyl sites for hydroxylation is 2. The van der Waals surface area contributed by atoms with Crippen LogP contribution >= 0.6 is 0 Å². The lowest BCUT2D eigenvalue weighted by molar-refractivity contribution is -0.109. The van der Waals surface area contributed by atoms with E-state index in [-0.39, 0.29) is 5.03 Å². The molecule has 1 aliphatic rings. The summed E-state index contributed by atoms with van der Waals surface area (Å²) in [6, 6.07) is 0. The lowest BCUT2D eigenvalue weighted by Gasteiger charge is -2.24. The van der Waals surface area contributed by atoms with E-state index in [1.54, 1.807) is 6.20 Å². The van der Waals surface area contributed by atoms with Crippen LogP contribution in [0, 0.1) is 6.92 Å². The van der Waals surface area contributed by atoms with Crippen molar-refractivity contribution in [1.82, 2.24) is 14.0 Å². The van der Waals surface area contributed by atoms with E-state index in [1.165, 1.54) is 0 Å². The van der Waals surface area contributed by atoms with Gasteiger partial charge in [-0.3, -0.25) is 4.84 Å². The van der Waals surface area contributed by atoms with Crippen molar-refractivity contribution < 1.29 is 13.3 Å². The summed E-state index contributed by atoms with van der Waals surface area (Å²) >= 11 is 0. The number of sulfonamides is 1. The van der Waals surface area contributed by atoms with Crippen molar-refractivity contribution in [2.45, 2.75) is 44.7 Å². The van der Waals surface area contributed by atoms with Gasteiger partial charge in [0.15, 0.2) is 5.03 Å². The molecule has 1 saturated heterocycles. The molecule has 1 aliphatic heterocycles. The maximum absolute atomic E-state index is 12.3. The highest BCUT2D eigenvalue weighted by Crippen LogP contribution is 2.19. The molecule has 0 bridgehead atoms. The van der Waals surface area contributed by atoms with Gasteiger partial charge >= 0.3 is 0 Å². The van der Waals surface area contributed by atoms with Gasteiger partial charge < -0.3 is 4.57 Å². The molecule has 0 amide bonds. The highest BCUT2D eigenvalue weighted by atomic mass is 32.2. The maximum Gasteiger partial charge on any atom is 0.283 e. The van der Waals surface area contributed by atoms with E-state index in [0.717, 1.165) is 30.3 Å². The first-order chi connectivity index (χ1) is 8.55. The number of hydroxylamine groups is 1. The Bertz CT molecular complexity index is 504. The minimum Gasteiger partial charge on any atom is -0.334 e. The highest BCUT2D eigenvalue weighted by Gasteiger charge is 2.30. The highest BCUT2D eigenvalue weighted by molar-refractivity contribution is 7.88. The van der Waals surface area contributed by atoms with E-state index in [9.17, 15) is 8.42 Å². The van der Waals surface area contributed by atoms with Crippen LogP contribution in [0.1, 0.15) is 32.0 Å². The van der Waals surface area contributed by atoms with Crippen LogP contribution in [-0.4, -0.2) is 35.6 Å². The number of aromatic nitrogens is 2. The molecule has 0 unspecified atom stereocenters. The van der Waals surface area contributed by atoms with Crippen LogP contribution in [0.4, 0.5) is 0 Å². The molecule has 6 nitrogen and oxygen atoms in total. The molecule has 1 aromatic heterocycles. The monoisotopic (exact) mass is 273 g/mol. The Morgan fingerprint density at radius 2 is 2.22 bits per heavy atom. The van der Waals surface area contributed by atoms with Crippen molar-refractivity contribution in [2.24, 2.45) is 0 Å².